The number of amides is 2. The van der Waals surface area contributed by atoms with Crippen molar-refractivity contribution >= 4 is 11.6 Å². The second kappa shape index (κ2) is 9.89. The van der Waals surface area contributed by atoms with Crippen LogP contribution in [-0.4, -0.2) is 28.2 Å². The van der Waals surface area contributed by atoms with Crippen LogP contribution in [-0.2, 0) is 6.54 Å². The second-order valence-corrected chi connectivity index (χ2v) is 9.06. The molecule has 0 fully saturated rings. The summed E-state index contributed by atoms with van der Waals surface area (Å²) in [7, 11) is 1.60. The summed E-state index contributed by atoms with van der Waals surface area (Å²) in [5.74, 6) is 0.819. The van der Waals surface area contributed by atoms with Crippen LogP contribution in [0.5, 0.6) is 5.75 Å². The van der Waals surface area contributed by atoms with Crippen LogP contribution in [0.2, 0.25) is 0 Å². The number of urea groups is 1. The van der Waals surface area contributed by atoms with E-state index >= 15 is 0 Å². The molecule has 5 rings (SSSR count). The average molecular weight is 499 g/mol. The van der Waals surface area contributed by atoms with E-state index in [2.05, 4.69) is 15.5 Å². The van der Waals surface area contributed by atoms with E-state index < -0.39 is 6.04 Å². The van der Waals surface area contributed by atoms with Crippen LogP contribution in [0.4, 0.5) is 9.18 Å². The zero-order chi connectivity index (χ0) is 26.1. The topological polar surface area (TPSA) is 80.5 Å². The third kappa shape index (κ3) is 4.70. The normalized spacial score (nSPS) is 15.6. The van der Waals surface area contributed by atoms with Gasteiger partial charge in [-0.3, -0.25) is 4.90 Å². The molecule has 0 saturated carbocycles. The zero-order valence-corrected chi connectivity index (χ0v) is 21.1. The Morgan fingerprint density at radius 1 is 1.03 bits per heavy atom. The SMILES string of the molecule is COc1ccccc1CN1C(=O)NC(c2ccc(C)c(C)c2)C(c2nc(-c3cccc(F)c3)no2)=C1C. The number of methoxy groups -OCH3 is 1. The third-order valence-corrected chi connectivity index (χ3v) is 6.72. The highest BCUT2D eigenvalue weighted by Gasteiger charge is 2.36. The van der Waals surface area contributed by atoms with Crippen LogP contribution in [0.1, 0.15) is 41.1 Å². The molecular formula is C29H27FN4O3. The molecule has 2 amide bonds. The summed E-state index contributed by atoms with van der Waals surface area (Å²) in [5, 5.41) is 7.24. The van der Waals surface area contributed by atoms with Crippen LogP contribution >= 0.6 is 0 Å². The summed E-state index contributed by atoms with van der Waals surface area (Å²) < 4.78 is 25.0. The molecule has 4 aromatic rings. The maximum Gasteiger partial charge on any atom is 0.322 e. The molecule has 7 nitrogen and oxygen atoms in total. The van der Waals surface area contributed by atoms with Crippen molar-refractivity contribution in [1.82, 2.24) is 20.4 Å². The summed E-state index contributed by atoms with van der Waals surface area (Å²) in [4.78, 5) is 19.7. The Bertz CT molecular complexity index is 1510. The molecule has 0 aliphatic carbocycles. The first-order valence-corrected chi connectivity index (χ1v) is 11.9. The van der Waals surface area contributed by atoms with Crippen molar-refractivity contribution in [2.24, 2.45) is 0 Å². The van der Waals surface area contributed by atoms with Crippen LogP contribution < -0.4 is 10.1 Å². The molecule has 1 aliphatic heterocycles. The van der Waals surface area contributed by atoms with Gasteiger partial charge in [0.15, 0.2) is 0 Å². The van der Waals surface area contributed by atoms with Gasteiger partial charge in [-0.1, -0.05) is 53.7 Å². The number of allylic oxidation sites excluding steroid dienone is 1. The molecule has 0 spiro atoms. The van der Waals surface area contributed by atoms with Gasteiger partial charge in [-0.15, -0.1) is 0 Å². The molecule has 1 unspecified atom stereocenters. The van der Waals surface area contributed by atoms with Gasteiger partial charge in [0, 0.05) is 16.8 Å². The number of aromatic nitrogens is 2. The Balaban J connectivity index is 1.62. The fourth-order valence-electron chi connectivity index (χ4n) is 4.52. The van der Waals surface area contributed by atoms with Crippen molar-refractivity contribution in [3.05, 3.63) is 106 Å². The molecular weight excluding hydrogens is 471 g/mol. The number of nitrogens with zero attached hydrogens (tertiary/aromatic N) is 3. The van der Waals surface area contributed by atoms with Crippen LogP contribution in [0.3, 0.4) is 0 Å². The van der Waals surface area contributed by atoms with Gasteiger partial charge in [0.25, 0.3) is 5.89 Å². The van der Waals surface area contributed by atoms with E-state index in [0.717, 1.165) is 22.3 Å². The maximum atomic E-state index is 13.8. The Kier molecular flexibility index (Phi) is 6.48. The Morgan fingerprint density at radius 3 is 2.59 bits per heavy atom. The number of hydrogen-bond donors (Lipinski definition) is 1. The first kappa shape index (κ1) is 24.2. The van der Waals surface area contributed by atoms with Gasteiger partial charge in [-0.25, -0.2) is 9.18 Å². The number of benzene rings is 3. The van der Waals surface area contributed by atoms with Crippen molar-refractivity contribution in [3.8, 4) is 17.1 Å². The largest absolute Gasteiger partial charge is 0.496 e. The number of nitrogens with one attached hydrogen (secondary N) is 1. The van der Waals surface area contributed by atoms with Gasteiger partial charge in [0.1, 0.15) is 11.6 Å². The predicted molar refractivity (Wildman–Crippen MR) is 138 cm³/mol. The Labute approximate surface area is 214 Å². The minimum absolute atomic E-state index is 0.250. The van der Waals surface area contributed by atoms with E-state index in [1.165, 1.54) is 12.1 Å². The Hall–Kier alpha value is -4.46. The first-order valence-electron chi connectivity index (χ1n) is 11.9. The zero-order valence-electron chi connectivity index (χ0n) is 21.1. The summed E-state index contributed by atoms with van der Waals surface area (Å²) in [6.45, 7) is 6.22. The van der Waals surface area contributed by atoms with Gasteiger partial charge >= 0.3 is 6.03 Å². The van der Waals surface area contributed by atoms with Gasteiger partial charge in [0.05, 0.1) is 25.3 Å². The third-order valence-electron chi connectivity index (χ3n) is 6.72. The van der Waals surface area contributed by atoms with E-state index in [9.17, 15) is 9.18 Å². The van der Waals surface area contributed by atoms with Gasteiger partial charge in [0.2, 0.25) is 5.82 Å². The number of para-hydroxylation sites is 1. The quantitative estimate of drug-likeness (QED) is 0.342. The molecule has 0 bridgehead atoms. The molecule has 0 radical (unpaired) electrons. The number of carbonyl (C=O) groups excluding carboxylic acids is 1. The molecule has 1 aliphatic rings. The maximum absolute atomic E-state index is 13.8. The number of ether oxygens (including phenoxy) is 1. The summed E-state index contributed by atoms with van der Waals surface area (Å²) in [6, 6.07) is 18.9. The second-order valence-electron chi connectivity index (χ2n) is 9.06. The Morgan fingerprint density at radius 2 is 1.84 bits per heavy atom. The highest BCUT2D eigenvalue weighted by atomic mass is 19.1. The molecule has 188 valence electrons. The van der Waals surface area contributed by atoms with Gasteiger partial charge in [-0.05, 0) is 55.7 Å². The monoisotopic (exact) mass is 498 g/mol. The molecule has 1 N–H and O–H groups in total. The van der Waals surface area contributed by atoms with E-state index in [4.69, 9.17) is 9.26 Å². The number of hydrogen-bond acceptors (Lipinski definition) is 5. The van der Waals surface area contributed by atoms with E-state index in [0.29, 0.717) is 22.6 Å². The van der Waals surface area contributed by atoms with Gasteiger partial charge < -0.3 is 14.6 Å². The standard InChI is InChI=1S/C29H27FN4O3/c1-17-12-13-20(14-18(17)2)26-25(28-32-27(33-37-28)21-9-7-10-23(30)15-21)19(3)34(29(35)31-26)16-22-8-5-6-11-24(22)36-4/h5-15,26H,16H2,1-4H3,(H,31,35). The number of halogens is 1. The summed E-state index contributed by atoms with van der Waals surface area (Å²) in [5.41, 5.74) is 5.85. The lowest BCUT2D eigenvalue weighted by Crippen LogP contribution is -2.45. The summed E-state index contributed by atoms with van der Waals surface area (Å²) in [6.07, 6.45) is 0. The highest BCUT2D eigenvalue weighted by Crippen LogP contribution is 2.39. The molecule has 8 heteroatoms. The van der Waals surface area contributed by atoms with Crippen molar-refractivity contribution in [1.29, 1.82) is 0 Å². The molecule has 3 aromatic carbocycles. The fraction of sp³-hybridized carbons (Fsp3) is 0.207. The van der Waals surface area contributed by atoms with E-state index in [1.54, 1.807) is 24.1 Å². The first-order chi connectivity index (χ1) is 17.9. The van der Waals surface area contributed by atoms with Crippen LogP contribution in [0, 0.1) is 19.7 Å². The smallest absolute Gasteiger partial charge is 0.322 e. The van der Waals surface area contributed by atoms with E-state index in [1.807, 2.05) is 63.2 Å². The molecule has 1 atom stereocenters. The predicted octanol–water partition coefficient (Wildman–Crippen LogP) is 6.20. The lowest BCUT2D eigenvalue weighted by Gasteiger charge is -2.35. The minimum atomic E-state index is -0.512. The number of carbonyl (C=O) groups is 1. The molecule has 0 saturated heterocycles. The van der Waals surface area contributed by atoms with Crippen molar-refractivity contribution in [3.63, 3.8) is 0 Å². The fourth-order valence-corrected chi connectivity index (χ4v) is 4.52. The number of aryl methyl sites for hydroxylation is 2. The lowest BCUT2D eigenvalue weighted by atomic mass is 9.92. The highest BCUT2D eigenvalue weighted by molar-refractivity contribution is 5.87. The van der Waals surface area contributed by atoms with Crippen molar-refractivity contribution in [2.75, 3.05) is 7.11 Å². The summed E-state index contributed by atoms with van der Waals surface area (Å²) >= 11 is 0. The average Bonchev–Trinajstić information content (AvgIpc) is 3.38. The molecule has 37 heavy (non-hydrogen) atoms. The van der Waals surface area contributed by atoms with Crippen LogP contribution in [0.15, 0.2) is 77.0 Å². The van der Waals surface area contributed by atoms with Crippen molar-refractivity contribution in [2.45, 2.75) is 33.4 Å². The minimum Gasteiger partial charge on any atom is -0.496 e. The van der Waals surface area contributed by atoms with Crippen molar-refractivity contribution < 1.29 is 18.4 Å². The van der Waals surface area contributed by atoms with Crippen LogP contribution in [0.25, 0.3) is 17.0 Å². The van der Waals surface area contributed by atoms with E-state index in [-0.39, 0.29) is 30.1 Å². The lowest BCUT2D eigenvalue weighted by molar-refractivity contribution is 0.202. The molecule has 1 aromatic heterocycles. The van der Waals surface area contributed by atoms with Gasteiger partial charge in [-0.2, -0.15) is 4.98 Å². The molecule has 2 heterocycles. The number of rotatable bonds is 6.